The number of nitrogens with zero attached hydrogens (tertiary/aromatic N) is 2. The van der Waals surface area contributed by atoms with E-state index in [0.29, 0.717) is 24.3 Å². The van der Waals surface area contributed by atoms with Gasteiger partial charge in [-0.15, -0.1) is 0 Å². The Bertz CT molecular complexity index is 447. The summed E-state index contributed by atoms with van der Waals surface area (Å²) in [4.78, 5) is 28.5. The molecule has 0 aromatic carbocycles. The van der Waals surface area contributed by atoms with Gasteiger partial charge in [-0.2, -0.15) is 12.6 Å². The highest BCUT2D eigenvalue weighted by Crippen LogP contribution is 2.22. The lowest BCUT2D eigenvalue weighted by Crippen LogP contribution is -2.25. The molecule has 17 heavy (non-hydrogen) atoms. The van der Waals surface area contributed by atoms with Gasteiger partial charge in [-0.05, 0) is 12.1 Å². The van der Waals surface area contributed by atoms with Gasteiger partial charge in [0.2, 0.25) is 5.91 Å². The maximum Gasteiger partial charge on any atom is 0.339 e. The molecule has 1 amide bonds. The van der Waals surface area contributed by atoms with Crippen LogP contribution >= 0.6 is 12.6 Å². The molecule has 1 atom stereocenters. The minimum atomic E-state index is -0.441. The van der Waals surface area contributed by atoms with Crippen molar-refractivity contribution in [2.45, 2.75) is 11.7 Å². The Morgan fingerprint density at radius 1 is 1.59 bits per heavy atom. The number of esters is 1. The van der Waals surface area contributed by atoms with Crippen molar-refractivity contribution in [3.8, 4) is 0 Å². The number of carbonyl (C=O) groups excluding carboxylic acids is 2. The number of rotatable bonds is 2. The van der Waals surface area contributed by atoms with E-state index in [-0.39, 0.29) is 11.2 Å². The number of amides is 1. The number of carbonyl (C=O) groups is 2. The van der Waals surface area contributed by atoms with Gasteiger partial charge in [0.15, 0.2) is 0 Å². The van der Waals surface area contributed by atoms with Crippen LogP contribution in [0.5, 0.6) is 0 Å². The van der Waals surface area contributed by atoms with Gasteiger partial charge in [-0.1, -0.05) is 0 Å². The minimum absolute atomic E-state index is 0.00307. The summed E-state index contributed by atoms with van der Waals surface area (Å²) in [5, 5.41) is 0.0459. The lowest BCUT2D eigenvalue weighted by atomic mass is 10.3. The molecule has 0 bridgehead atoms. The Labute approximate surface area is 104 Å². The van der Waals surface area contributed by atoms with Crippen molar-refractivity contribution in [2.24, 2.45) is 0 Å². The third-order valence-corrected chi connectivity index (χ3v) is 2.90. The molecule has 1 aromatic heterocycles. The molecule has 6 heteroatoms. The fraction of sp³-hybridized carbons (Fsp3) is 0.364. The SMILES string of the molecule is COC(=O)c1ccc(N2CC(S)CC2=O)nc1. The summed E-state index contributed by atoms with van der Waals surface area (Å²) in [5.74, 6) is 0.103. The molecular weight excluding hydrogens is 240 g/mol. The van der Waals surface area contributed by atoms with E-state index in [9.17, 15) is 9.59 Å². The average Bonchev–Trinajstić information content (AvgIpc) is 2.68. The molecular formula is C11H12N2O3S. The number of anilines is 1. The fourth-order valence-corrected chi connectivity index (χ4v) is 2.01. The number of methoxy groups -OCH3 is 1. The van der Waals surface area contributed by atoms with Crippen molar-refractivity contribution in [3.63, 3.8) is 0 Å². The van der Waals surface area contributed by atoms with Crippen LogP contribution in [0, 0.1) is 0 Å². The summed E-state index contributed by atoms with van der Waals surface area (Å²) in [7, 11) is 1.31. The molecule has 0 N–H and O–H groups in total. The van der Waals surface area contributed by atoms with Gasteiger partial charge in [0, 0.05) is 24.4 Å². The second-order valence-corrected chi connectivity index (χ2v) is 4.49. The smallest absolute Gasteiger partial charge is 0.339 e. The highest BCUT2D eigenvalue weighted by Gasteiger charge is 2.29. The molecule has 0 aliphatic carbocycles. The molecule has 0 radical (unpaired) electrons. The van der Waals surface area contributed by atoms with Crippen molar-refractivity contribution in [1.29, 1.82) is 0 Å². The molecule has 1 aromatic rings. The van der Waals surface area contributed by atoms with Gasteiger partial charge in [-0.25, -0.2) is 9.78 Å². The molecule has 1 fully saturated rings. The second-order valence-electron chi connectivity index (χ2n) is 3.76. The largest absolute Gasteiger partial charge is 0.465 e. The summed E-state index contributed by atoms with van der Waals surface area (Å²) in [6, 6.07) is 3.23. The summed E-state index contributed by atoms with van der Waals surface area (Å²) < 4.78 is 4.57. The zero-order valence-electron chi connectivity index (χ0n) is 9.29. The molecule has 1 aliphatic heterocycles. The first-order valence-electron chi connectivity index (χ1n) is 5.14. The molecule has 1 saturated heterocycles. The Balaban J connectivity index is 2.18. The van der Waals surface area contributed by atoms with E-state index in [1.54, 1.807) is 17.0 Å². The molecule has 1 unspecified atom stereocenters. The van der Waals surface area contributed by atoms with Gasteiger partial charge in [0.1, 0.15) is 5.82 Å². The minimum Gasteiger partial charge on any atom is -0.465 e. The van der Waals surface area contributed by atoms with Crippen LogP contribution in [0.4, 0.5) is 5.82 Å². The maximum absolute atomic E-state index is 11.6. The summed E-state index contributed by atoms with van der Waals surface area (Å²) in [5.41, 5.74) is 0.366. The lowest BCUT2D eigenvalue weighted by molar-refractivity contribution is -0.117. The van der Waals surface area contributed by atoms with Crippen molar-refractivity contribution in [3.05, 3.63) is 23.9 Å². The van der Waals surface area contributed by atoms with Crippen molar-refractivity contribution in [1.82, 2.24) is 4.98 Å². The molecule has 5 nitrogen and oxygen atoms in total. The molecule has 0 saturated carbocycles. The zero-order valence-corrected chi connectivity index (χ0v) is 10.2. The van der Waals surface area contributed by atoms with E-state index < -0.39 is 5.97 Å². The topological polar surface area (TPSA) is 59.5 Å². The Kier molecular flexibility index (Phi) is 3.33. The molecule has 0 spiro atoms. The van der Waals surface area contributed by atoms with Gasteiger partial charge >= 0.3 is 5.97 Å². The number of hydrogen-bond acceptors (Lipinski definition) is 5. The van der Waals surface area contributed by atoms with Crippen LogP contribution in [0.25, 0.3) is 0 Å². The van der Waals surface area contributed by atoms with Gasteiger partial charge in [-0.3, -0.25) is 9.69 Å². The summed E-state index contributed by atoms with van der Waals surface area (Å²) in [6.07, 6.45) is 1.82. The lowest BCUT2D eigenvalue weighted by Gasteiger charge is -2.14. The first-order chi connectivity index (χ1) is 8.11. The van der Waals surface area contributed by atoms with Crippen molar-refractivity contribution in [2.75, 3.05) is 18.6 Å². The van der Waals surface area contributed by atoms with E-state index in [4.69, 9.17) is 0 Å². The third-order valence-electron chi connectivity index (χ3n) is 2.55. The van der Waals surface area contributed by atoms with E-state index in [2.05, 4.69) is 22.3 Å². The van der Waals surface area contributed by atoms with Crippen LogP contribution in [0.1, 0.15) is 16.8 Å². The molecule has 2 heterocycles. The standard InChI is InChI=1S/C11H12N2O3S/c1-16-11(15)7-2-3-9(12-5-7)13-6-8(17)4-10(13)14/h2-3,5,8,17H,4,6H2,1H3. The second kappa shape index (κ2) is 4.75. The highest BCUT2D eigenvalue weighted by molar-refractivity contribution is 7.81. The number of thiol groups is 1. The summed E-state index contributed by atoms with van der Waals surface area (Å²) >= 11 is 4.26. The van der Waals surface area contributed by atoms with Crippen LogP contribution in [-0.4, -0.2) is 35.8 Å². The van der Waals surface area contributed by atoms with Crippen LogP contribution in [0.15, 0.2) is 18.3 Å². The van der Waals surface area contributed by atoms with E-state index >= 15 is 0 Å². The van der Waals surface area contributed by atoms with Crippen molar-refractivity contribution < 1.29 is 14.3 Å². The van der Waals surface area contributed by atoms with E-state index in [0.717, 1.165) is 0 Å². The molecule has 1 aliphatic rings. The Morgan fingerprint density at radius 2 is 2.35 bits per heavy atom. The van der Waals surface area contributed by atoms with Gasteiger partial charge in [0.05, 0.1) is 12.7 Å². The highest BCUT2D eigenvalue weighted by atomic mass is 32.1. The third kappa shape index (κ3) is 2.41. The fourth-order valence-electron chi connectivity index (χ4n) is 1.69. The Morgan fingerprint density at radius 3 is 2.82 bits per heavy atom. The number of hydrogen-bond donors (Lipinski definition) is 1. The first kappa shape index (κ1) is 11.9. The van der Waals surface area contributed by atoms with Crippen molar-refractivity contribution >= 4 is 30.3 Å². The predicted molar refractivity (Wildman–Crippen MR) is 65.3 cm³/mol. The average molecular weight is 252 g/mol. The van der Waals surface area contributed by atoms with Gasteiger partial charge < -0.3 is 4.74 Å². The first-order valence-corrected chi connectivity index (χ1v) is 5.66. The monoisotopic (exact) mass is 252 g/mol. The molecule has 90 valence electrons. The van der Waals surface area contributed by atoms with Gasteiger partial charge in [0.25, 0.3) is 0 Å². The number of aromatic nitrogens is 1. The van der Waals surface area contributed by atoms with Crippen LogP contribution in [0.2, 0.25) is 0 Å². The summed E-state index contributed by atoms with van der Waals surface area (Å²) in [6.45, 7) is 0.548. The van der Waals surface area contributed by atoms with Crippen LogP contribution in [-0.2, 0) is 9.53 Å². The normalized spacial score (nSPS) is 19.5. The van der Waals surface area contributed by atoms with E-state index in [1.807, 2.05) is 0 Å². The Hall–Kier alpha value is -1.56. The quantitative estimate of drug-likeness (QED) is 0.627. The van der Waals surface area contributed by atoms with Crippen LogP contribution in [0.3, 0.4) is 0 Å². The van der Waals surface area contributed by atoms with E-state index in [1.165, 1.54) is 13.3 Å². The zero-order chi connectivity index (χ0) is 12.4. The number of ether oxygens (including phenoxy) is 1. The van der Waals surface area contributed by atoms with Crippen LogP contribution < -0.4 is 4.90 Å². The predicted octanol–water partition coefficient (Wildman–Crippen LogP) is 0.903. The number of pyridine rings is 1. The maximum atomic E-state index is 11.6. The molecule has 2 rings (SSSR count).